The second-order valence-corrected chi connectivity index (χ2v) is 6.32. The van der Waals surface area contributed by atoms with Gasteiger partial charge in [-0.2, -0.15) is 0 Å². The molecule has 1 aliphatic heterocycles. The molecule has 1 saturated heterocycles. The number of aromatic nitrogens is 2. The highest BCUT2D eigenvalue weighted by Gasteiger charge is 2.22. The van der Waals surface area contributed by atoms with Crippen LogP contribution in [0.2, 0.25) is 0 Å². The predicted molar refractivity (Wildman–Crippen MR) is 79.7 cm³/mol. The molecule has 0 bridgehead atoms. The minimum atomic E-state index is 0.412. The average molecular weight is 277 g/mol. The Balaban J connectivity index is 1.63. The van der Waals surface area contributed by atoms with Crippen LogP contribution in [0.1, 0.15) is 56.7 Å². The molecule has 2 fully saturated rings. The molecule has 0 radical (unpaired) electrons. The monoisotopic (exact) mass is 277 g/mol. The zero-order chi connectivity index (χ0) is 13.8. The molecule has 0 N–H and O–H groups in total. The van der Waals surface area contributed by atoms with Crippen molar-refractivity contribution >= 4 is 0 Å². The van der Waals surface area contributed by atoms with Gasteiger partial charge < -0.3 is 9.30 Å². The van der Waals surface area contributed by atoms with Crippen LogP contribution in [0.15, 0.2) is 12.5 Å². The molecule has 2 heterocycles. The minimum absolute atomic E-state index is 0.412. The third-order valence-electron chi connectivity index (χ3n) is 4.90. The standard InChI is InChI=1S/C16H27N3O/c1-20-16-8-5-9-18(12-16)11-15-10-17-13-19(15)14-6-3-2-4-7-14/h10,13-14,16H,2-9,11-12H2,1H3/t16-/m0/s1. The summed E-state index contributed by atoms with van der Waals surface area (Å²) in [5.41, 5.74) is 1.38. The smallest absolute Gasteiger partial charge is 0.0951 e. The Hall–Kier alpha value is -0.870. The number of hydrogen-bond acceptors (Lipinski definition) is 3. The minimum Gasteiger partial charge on any atom is -0.380 e. The second-order valence-electron chi connectivity index (χ2n) is 6.32. The van der Waals surface area contributed by atoms with E-state index in [9.17, 15) is 0 Å². The zero-order valence-corrected chi connectivity index (χ0v) is 12.6. The number of rotatable bonds is 4. The van der Waals surface area contributed by atoms with Crippen molar-refractivity contribution in [2.24, 2.45) is 0 Å². The Morgan fingerprint density at radius 3 is 2.85 bits per heavy atom. The Bertz CT molecular complexity index is 412. The summed E-state index contributed by atoms with van der Waals surface area (Å²) < 4.78 is 7.96. The van der Waals surface area contributed by atoms with E-state index >= 15 is 0 Å². The molecule has 0 unspecified atom stereocenters. The molecule has 1 saturated carbocycles. The summed E-state index contributed by atoms with van der Waals surface area (Å²) in [4.78, 5) is 6.93. The van der Waals surface area contributed by atoms with Gasteiger partial charge in [-0.25, -0.2) is 4.98 Å². The summed E-state index contributed by atoms with van der Waals surface area (Å²) >= 11 is 0. The Kier molecular flexibility index (Phi) is 4.73. The predicted octanol–water partition coefficient (Wildman–Crippen LogP) is 3.00. The molecule has 4 nitrogen and oxygen atoms in total. The van der Waals surface area contributed by atoms with Gasteiger partial charge in [0, 0.05) is 32.4 Å². The maximum atomic E-state index is 5.52. The van der Waals surface area contributed by atoms with Crippen LogP contribution in [-0.2, 0) is 11.3 Å². The number of methoxy groups -OCH3 is 1. The lowest BCUT2D eigenvalue weighted by atomic mass is 9.95. The van der Waals surface area contributed by atoms with E-state index in [2.05, 4.69) is 20.6 Å². The molecule has 4 heteroatoms. The normalized spacial score (nSPS) is 25.9. The Morgan fingerprint density at radius 2 is 2.05 bits per heavy atom. The van der Waals surface area contributed by atoms with Gasteiger partial charge in [0.1, 0.15) is 0 Å². The van der Waals surface area contributed by atoms with Gasteiger partial charge in [0.25, 0.3) is 0 Å². The Labute approximate surface area is 122 Å². The van der Waals surface area contributed by atoms with Gasteiger partial charge in [-0.05, 0) is 32.2 Å². The Morgan fingerprint density at radius 1 is 1.20 bits per heavy atom. The molecule has 1 aromatic rings. The second kappa shape index (κ2) is 6.72. The first-order valence-electron chi connectivity index (χ1n) is 8.12. The molecule has 0 amide bonds. The topological polar surface area (TPSA) is 30.3 Å². The molecular formula is C16H27N3O. The third-order valence-corrected chi connectivity index (χ3v) is 4.90. The molecule has 0 spiro atoms. The average Bonchev–Trinajstić information content (AvgIpc) is 2.96. The van der Waals surface area contributed by atoms with E-state index in [0.717, 1.165) is 13.1 Å². The van der Waals surface area contributed by atoms with Gasteiger partial charge in [0.2, 0.25) is 0 Å². The summed E-state index contributed by atoms with van der Waals surface area (Å²) in [7, 11) is 1.83. The van der Waals surface area contributed by atoms with Gasteiger partial charge in [-0.3, -0.25) is 4.90 Å². The highest BCUT2D eigenvalue weighted by molar-refractivity contribution is 5.01. The van der Waals surface area contributed by atoms with Crippen molar-refractivity contribution in [1.82, 2.24) is 14.5 Å². The van der Waals surface area contributed by atoms with Crippen LogP contribution >= 0.6 is 0 Å². The molecule has 1 aromatic heterocycles. The van der Waals surface area contributed by atoms with Crippen LogP contribution in [0.25, 0.3) is 0 Å². The molecule has 0 aromatic carbocycles. The quantitative estimate of drug-likeness (QED) is 0.847. The number of imidazole rings is 1. The molecule has 1 aliphatic carbocycles. The van der Waals surface area contributed by atoms with Crippen molar-refractivity contribution in [2.75, 3.05) is 20.2 Å². The highest BCUT2D eigenvalue weighted by Crippen LogP contribution is 2.29. The van der Waals surface area contributed by atoms with Gasteiger partial charge in [-0.1, -0.05) is 19.3 Å². The van der Waals surface area contributed by atoms with E-state index in [-0.39, 0.29) is 0 Å². The molecule has 20 heavy (non-hydrogen) atoms. The maximum Gasteiger partial charge on any atom is 0.0951 e. The first kappa shape index (κ1) is 14.1. The number of hydrogen-bond donors (Lipinski definition) is 0. The number of piperidine rings is 1. The summed E-state index contributed by atoms with van der Waals surface area (Å²) in [5.74, 6) is 0. The van der Waals surface area contributed by atoms with Crippen molar-refractivity contribution in [3.63, 3.8) is 0 Å². The van der Waals surface area contributed by atoms with Crippen LogP contribution in [0.3, 0.4) is 0 Å². The first-order chi connectivity index (χ1) is 9.86. The van der Waals surface area contributed by atoms with Gasteiger partial charge in [0.15, 0.2) is 0 Å². The van der Waals surface area contributed by atoms with E-state index in [1.165, 1.54) is 57.2 Å². The maximum absolute atomic E-state index is 5.52. The van der Waals surface area contributed by atoms with E-state index < -0.39 is 0 Å². The largest absolute Gasteiger partial charge is 0.380 e. The summed E-state index contributed by atoms with van der Waals surface area (Å²) in [6, 6.07) is 0.685. The number of nitrogens with zero attached hydrogens (tertiary/aromatic N) is 3. The van der Waals surface area contributed by atoms with Crippen molar-refractivity contribution < 1.29 is 4.74 Å². The zero-order valence-electron chi connectivity index (χ0n) is 12.6. The third kappa shape index (κ3) is 3.23. The van der Waals surface area contributed by atoms with Gasteiger partial charge >= 0.3 is 0 Å². The highest BCUT2D eigenvalue weighted by atomic mass is 16.5. The van der Waals surface area contributed by atoms with Crippen molar-refractivity contribution in [2.45, 2.75) is 63.6 Å². The SMILES string of the molecule is CO[C@H]1CCCN(Cc2cncn2C2CCCCC2)C1. The fourth-order valence-electron chi connectivity index (χ4n) is 3.72. The number of ether oxygens (including phenoxy) is 1. The molecule has 1 atom stereocenters. The summed E-state index contributed by atoms with van der Waals surface area (Å²) in [6.07, 6.45) is 13.8. The van der Waals surface area contributed by atoms with Crippen LogP contribution in [0.5, 0.6) is 0 Å². The van der Waals surface area contributed by atoms with E-state index in [4.69, 9.17) is 4.74 Å². The van der Waals surface area contributed by atoms with Gasteiger partial charge in [0.05, 0.1) is 18.1 Å². The molecule has 112 valence electrons. The molecule has 2 aliphatic rings. The van der Waals surface area contributed by atoms with Crippen LogP contribution < -0.4 is 0 Å². The van der Waals surface area contributed by atoms with Crippen molar-refractivity contribution in [1.29, 1.82) is 0 Å². The van der Waals surface area contributed by atoms with Crippen LogP contribution in [-0.4, -0.2) is 40.8 Å². The van der Waals surface area contributed by atoms with E-state index in [1.54, 1.807) is 0 Å². The fourth-order valence-corrected chi connectivity index (χ4v) is 3.72. The lowest BCUT2D eigenvalue weighted by molar-refractivity contribution is 0.0275. The fraction of sp³-hybridized carbons (Fsp3) is 0.812. The first-order valence-corrected chi connectivity index (χ1v) is 8.12. The lowest BCUT2D eigenvalue weighted by Gasteiger charge is -2.33. The van der Waals surface area contributed by atoms with Gasteiger partial charge in [-0.15, -0.1) is 0 Å². The lowest BCUT2D eigenvalue weighted by Crippen LogP contribution is -2.39. The summed E-state index contributed by atoms with van der Waals surface area (Å²) in [6.45, 7) is 3.28. The molecular weight excluding hydrogens is 250 g/mol. The van der Waals surface area contributed by atoms with Crippen molar-refractivity contribution in [3.05, 3.63) is 18.2 Å². The van der Waals surface area contributed by atoms with E-state index in [0.29, 0.717) is 12.1 Å². The number of likely N-dealkylation sites (tertiary alicyclic amines) is 1. The molecule has 3 rings (SSSR count). The van der Waals surface area contributed by atoms with E-state index in [1.807, 2.05) is 13.4 Å². The van der Waals surface area contributed by atoms with Crippen LogP contribution in [0, 0.1) is 0 Å². The van der Waals surface area contributed by atoms with Crippen molar-refractivity contribution in [3.8, 4) is 0 Å². The summed E-state index contributed by atoms with van der Waals surface area (Å²) in [5, 5.41) is 0. The van der Waals surface area contributed by atoms with Crippen LogP contribution in [0.4, 0.5) is 0 Å².